The summed E-state index contributed by atoms with van der Waals surface area (Å²) in [5.41, 5.74) is 16.7. The molecule has 3 rings (SSSR count). The highest BCUT2D eigenvalue weighted by molar-refractivity contribution is 5.98. The number of nitrogens with two attached hydrogens (primary N) is 3. The number of guanidine groups is 1. The van der Waals surface area contributed by atoms with Crippen LogP contribution in [0.15, 0.2) is 40.2 Å². The number of aliphatic imine (C=N–C) groups is 1. The highest BCUT2D eigenvalue weighted by Gasteiger charge is 2.31. The Balaban J connectivity index is 1.60. The number of aldehydes is 1. The molecule has 0 bridgehead atoms. The number of nitrogens with one attached hydrogen (secondary N) is 7. The number of nitrogens with zero attached hydrogens (tertiary/aromatic N) is 4. The Labute approximate surface area is 333 Å². The average molecular weight is 825 g/mol. The second-order valence-electron chi connectivity index (χ2n) is 12.6. The summed E-state index contributed by atoms with van der Waals surface area (Å²) in [5, 5.41) is 33.5. The summed E-state index contributed by atoms with van der Waals surface area (Å²) in [6.07, 6.45) is -0.578. The van der Waals surface area contributed by atoms with E-state index in [4.69, 9.17) is 17.2 Å². The summed E-state index contributed by atoms with van der Waals surface area (Å²) in [6, 6.07) is -0.125. The summed E-state index contributed by atoms with van der Waals surface area (Å²) < 4.78 is 0. The number of aromatic nitrogens is 4. The predicted octanol–water partition coefficient (Wildman–Crippen LogP) is -3.81. The fourth-order valence-electron chi connectivity index (χ4n) is 5.23. The number of amides is 5. The van der Waals surface area contributed by atoms with Gasteiger partial charge in [0.05, 0.1) is 24.9 Å². The number of carbonyl (C=O) groups excluding carboxylic acids is 6. The maximum absolute atomic E-state index is 13.2. The number of aromatic amines is 1. The molecule has 0 aliphatic heterocycles. The van der Waals surface area contributed by atoms with E-state index in [0.29, 0.717) is 17.7 Å². The smallest absolute Gasteiger partial charge is 0.326 e. The Morgan fingerprint density at radius 3 is 2.19 bits per heavy atom. The third-order valence-electron chi connectivity index (χ3n) is 8.19. The van der Waals surface area contributed by atoms with Gasteiger partial charge in [-0.15, -0.1) is 0 Å². The number of anilines is 2. The number of benzene rings is 1. The van der Waals surface area contributed by atoms with Crippen LogP contribution in [0.3, 0.4) is 0 Å². The Bertz CT molecular complexity index is 2120. The van der Waals surface area contributed by atoms with Crippen molar-refractivity contribution in [2.45, 2.75) is 69.2 Å². The molecule has 2 aromatic heterocycles. The van der Waals surface area contributed by atoms with E-state index >= 15 is 0 Å². The zero-order chi connectivity index (χ0) is 43.6. The number of likely N-dealkylation sites (N-methyl/N-ethyl adjacent to an activating group) is 1. The first kappa shape index (κ1) is 45.7. The van der Waals surface area contributed by atoms with Crippen LogP contribution < -0.4 is 54.7 Å². The van der Waals surface area contributed by atoms with E-state index in [0.717, 1.165) is 0 Å². The van der Waals surface area contributed by atoms with Crippen molar-refractivity contribution < 1.29 is 48.6 Å². The predicted molar refractivity (Wildman–Crippen MR) is 207 cm³/mol. The van der Waals surface area contributed by atoms with Gasteiger partial charge >= 0.3 is 11.9 Å². The molecule has 2 heterocycles. The molecule has 0 aliphatic rings. The molecule has 0 unspecified atom stereocenters. The van der Waals surface area contributed by atoms with Crippen LogP contribution in [0.2, 0.25) is 0 Å². The number of carboxylic acids is 2. The summed E-state index contributed by atoms with van der Waals surface area (Å²) >= 11 is 0. The Morgan fingerprint density at radius 1 is 0.881 bits per heavy atom. The lowest BCUT2D eigenvalue weighted by molar-refractivity contribution is -0.141. The molecule has 0 spiro atoms. The van der Waals surface area contributed by atoms with Gasteiger partial charge in [0.15, 0.2) is 17.1 Å². The van der Waals surface area contributed by atoms with Crippen molar-refractivity contribution in [3.05, 3.63) is 52.1 Å². The minimum absolute atomic E-state index is 0.00297. The molecule has 0 aliphatic carbocycles. The number of aliphatic carboxylic acids is 2. The number of nitrogen functional groups attached to an aromatic ring is 1. The molecule has 5 amide bonds. The van der Waals surface area contributed by atoms with Crippen LogP contribution in [0.1, 0.15) is 54.6 Å². The van der Waals surface area contributed by atoms with Crippen LogP contribution in [0.25, 0.3) is 11.2 Å². The summed E-state index contributed by atoms with van der Waals surface area (Å²) in [6.45, 7) is 0.166. The Morgan fingerprint density at radius 2 is 1.56 bits per heavy atom. The highest BCUT2D eigenvalue weighted by atomic mass is 16.4. The van der Waals surface area contributed by atoms with Gasteiger partial charge in [0.1, 0.15) is 30.5 Å². The molecule has 25 nitrogen and oxygen atoms in total. The number of carboxylic acid groups (broad SMARTS) is 2. The Kier molecular flexibility index (Phi) is 17.1. The number of hydrogen-bond acceptors (Lipinski definition) is 15. The zero-order valence-electron chi connectivity index (χ0n) is 31.5. The summed E-state index contributed by atoms with van der Waals surface area (Å²) in [4.78, 5) is 130. The SMILES string of the molecule is CNC(=O)[C@H](CC(=O)O)NC(=O)[C@H](CCCN=C(N)N)NC(=O)[C@H](CC=O)NC(=O)CC[C@H](NC(=O)c1ccc(NCc2cnc3nc(N)[nH]c(=O)c3n2)cc1)C(=O)O. The molecule has 0 radical (unpaired) electrons. The van der Waals surface area contributed by atoms with Crippen molar-refractivity contribution in [1.82, 2.24) is 46.5 Å². The number of H-pyrrole nitrogens is 1. The van der Waals surface area contributed by atoms with E-state index in [1.807, 2.05) is 0 Å². The molecule has 3 aromatic rings. The number of rotatable bonds is 23. The van der Waals surface area contributed by atoms with Crippen molar-refractivity contribution in [2.24, 2.45) is 16.5 Å². The lowest BCUT2D eigenvalue weighted by Crippen LogP contribution is -2.57. The van der Waals surface area contributed by atoms with Crippen LogP contribution in [-0.2, 0) is 40.1 Å². The molecule has 1 aromatic carbocycles. The first-order valence-corrected chi connectivity index (χ1v) is 17.7. The largest absolute Gasteiger partial charge is 0.481 e. The van der Waals surface area contributed by atoms with E-state index < -0.39 is 96.9 Å². The first-order valence-electron chi connectivity index (χ1n) is 17.7. The van der Waals surface area contributed by atoms with Crippen LogP contribution in [0.4, 0.5) is 11.6 Å². The molecule has 0 saturated heterocycles. The van der Waals surface area contributed by atoms with Crippen molar-refractivity contribution in [1.29, 1.82) is 0 Å². The minimum atomic E-state index is -1.55. The van der Waals surface area contributed by atoms with Crippen LogP contribution in [-0.4, -0.2) is 122 Å². The van der Waals surface area contributed by atoms with E-state index in [1.54, 1.807) is 0 Å². The van der Waals surface area contributed by atoms with Crippen molar-refractivity contribution >= 4 is 76.5 Å². The van der Waals surface area contributed by atoms with E-state index in [9.17, 15) is 53.4 Å². The topological polar surface area (TPSA) is 411 Å². The first-order chi connectivity index (χ1) is 28.0. The highest BCUT2D eigenvalue weighted by Crippen LogP contribution is 2.13. The van der Waals surface area contributed by atoms with Gasteiger partial charge in [-0.1, -0.05) is 0 Å². The van der Waals surface area contributed by atoms with Gasteiger partial charge in [0.2, 0.25) is 29.6 Å². The number of fused-ring (bicyclic) bond motifs is 1. The van der Waals surface area contributed by atoms with Gasteiger partial charge in [0.25, 0.3) is 11.5 Å². The molecule has 25 heteroatoms. The van der Waals surface area contributed by atoms with Crippen LogP contribution in [0, 0.1) is 0 Å². The second-order valence-corrected chi connectivity index (χ2v) is 12.6. The monoisotopic (exact) mass is 824 g/mol. The van der Waals surface area contributed by atoms with E-state index in [-0.39, 0.29) is 54.6 Å². The van der Waals surface area contributed by atoms with Crippen molar-refractivity contribution in [2.75, 3.05) is 24.6 Å². The number of hydrogen-bond donors (Lipinski definition) is 12. The standard InChI is InChI=1S/C34H44N14O11/c1-38-28(54)22(13-24(51)52)46-29(55)19(3-2-11-39-33(35)36)44-30(56)20(10-12-49)43-23(50)9-8-21(32(58)59)45-27(53)16-4-6-17(7-5-16)40-14-18-15-41-26-25(42-18)31(57)48-34(37)47-26/h4-7,12,15,19-22,40H,2-3,8-11,13-14H2,1H3,(H,38,54)(H,43,50)(H,44,56)(H,45,53)(H,46,55)(H,51,52)(H,58,59)(H4,35,36,39)(H3,37,41,47,48,57)/t19-,20-,21-,22-/m0/s1. The van der Waals surface area contributed by atoms with Gasteiger partial charge in [-0.05, 0) is 43.5 Å². The molecular formula is C34H44N14O11. The van der Waals surface area contributed by atoms with Gasteiger partial charge in [0, 0.05) is 37.7 Å². The summed E-state index contributed by atoms with van der Waals surface area (Å²) in [7, 11) is 1.23. The molecule has 59 heavy (non-hydrogen) atoms. The Hall–Kier alpha value is -7.73. The molecule has 15 N–H and O–H groups in total. The normalized spacial score (nSPS) is 12.7. The van der Waals surface area contributed by atoms with E-state index in [2.05, 4.69) is 56.8 Å². The van der Waals surface area contributed by atoms with Gasteiger partial charge in [-0.2, -0.15) is 4.98 Å². The molecule has 316 valence electrons. The average Bonchev–Trinajstić information content (AvgIpc) is 3.18. The summed E-state index contributed by atoms with van der Waals surface area (Å²) in [5.74, 6) is -7.65. The molecular weight excluding hydrogens is 780 g/mol. The molecule has 0 fully saturated rings. The number of carbonyl (C=O) groups is 8. The third kappa shape index (κ3) is 14.7. The van der Waals surface area contributed by atoms with Gasteiger partial charge < -0.3 is 64.1 Å². The third-order valence-corrected chi connectivity index (χ3v) is 8.19. The lowest BCUT2D eigenvalue weighted by atomic mass is 10.1. The quantitative estimate of drug-likeness (QED) is 0.0189. The van der Waals surface area contributed by atoms with Crippen LogP contribution in [0.5, 0.6) is 0 Å². The van der Waals surface area contributed by atoms with Gasteiger partial charge in [-0.25, -0.2) is 14.8 Å². The fourth-order valence-corrected chi connectivity index (χ4v) is 5.23. The zero-order valence-corrected chi connectivity index (χ0v) is 31.5. The maximum Gasteiger partial charge on any atom is 0.326 e. The van der Waals surface area contributed by atoms with Crippen molar-refractivity contribution in [3.8, 4) is 0 Å². The van der Waals surface area contributed by atoms with Crippen molar-refractivity contribution in [3.63, 3.8) is 0 Å². The minimum Gasteiger partial charge on any atom is -0.481 e. The second kappa shape index (κ2) is 22.1. The molecule has 0 saturated carbocycles. The van der Waals surface area contributed by atoms with Crippen LogP contribution >= 0.6 is 0 Å². The van der Waals surface area contributed by atoms with Gasteiger partial charge in [-0.3, -0.25) is 43.5 Å². The maximum atomic E-state index is 13.2. The van der Waals surface area contributed by atoms with E-state index in [1.165, 1.54) is 37.5 Å². The molecule has 4 atom stereocenters. The fraction of sp³-hybridized carbons (Fsp3) is 0.382. The lowest BCUT2D eigenvalue weighted by Gasteiger charge is -2.24.